The first-order chi connectivity index (χ1) is 8.69. The first kappa shape index (κ1) is 16.3. The summed E-state index contributed by atoms with van der Waals surface area (Å²) >= 11 is 4.70. The molecule has 0 aliphatic heterocycles. The Balaban J connectivity index is 2.98. The van der Waals surface area contributed by atoms with Crippen molar-refractivity contribution in [1.82, 2.24) is 0 Å². The van der Waals surface area contributed by atoms with Gasteiger partial charge in [-0.15, -0.1) is 0 Å². The maximum absolute atomic E-state index is 6.26. The van der Waals surface area contributed by atoms with Crippen molar-refractivity contribution in [2.24, 2.45) is 4.99 Å². The van der Waals surface area contributed by atoms with E-state index in [2.05, 4.69) is 57.0 Å². The number of benzene rings is 1. The summed E-state index contributed by atoms with van der Waals surface area (Å²) in [6.45, 7) is 13.9. The van der Waals surface area contributed by atoms with Crippen molar-refractivity contribution in [1.29, 1.82) is 0 Å². The lowest BCUT2D eigenvalue weighted by Gasteiger charge is -2.36. The number of aliphatic imine (C=N–C) groups is 1. The smallest absolute Gasteiger partial charge is 0.192 e. The molecule has 0 fully saturated rings. The van der Waals surface area contributed by atoms with E-state index in [-0.39, 0.29) is 5.04 Å². The van der Waals surface area contributed by atoms with Gasteiger partial charge in [-0.3, -0.25) is 0 Å². The number of nitrogens with zero attached hydrogens (tertiary/aromatic N) is 1. The Morgan fingerprint density at radius 1 is 1.32 bits per heavy atom. The summed E-state index contributed by atoms with van der Waals surface area (Å²) in [6.07, 6.45) is 0. The molecule has 0 amide bonds. The van der Waals surface area contributed by atoms with E-state index in [0.717, 1.165) is 11.3 Å². The van der Waals surface area contributed by atoms with Crippen molar-refractivity contribution in [2.45, 2.75) is 52.4 Å². The van der Waals surface area contributed by atoms with E-state index < -0.39 is 8.32 Å². The molecule has 0 bridgehead atoms. The molecule has 0 saturated carbocycles. The van der Waals surface area contributed by atoms with Crippen LogP contribution in [0.2, 0.25) is 18.1 Å². The van der Waals surface area contributed by atoms with E-state index >= 15 is 0 Å². The van der Waals surface area contributed by atoms with Crippen molar-refractivity contribution in [2.75, 3.05) is 0 Å². The Kier molecular flexibility index (Phi) is 5.22. The minimum Gasteiger partial charge on any atom is -0.412 e. The van der Waals surface area contributed by atoms with Crippen molar-refractivity contribution < 1.29 is 4.43 Å². The molecule has 4 heteroatoms. The van der Waals surface area contributed by atoms with Gasteiger partial charge in [-0.2, -0.15) is 4.99 Å². The molecular weight excluding hydrogens is 270 g/mol. The molecule has 1 rings (SSSR count). The molecule has 0 heterocycles. The molecule has 1 aromatic rings. The molecule has 0 aliphatic rings. The van der Waals surface area contributed by atoms with E-state index in [1.54, 1.807) is 0 Å². The summed E-state index contributed by atoms with van der Waals surface area (Å²) in [5.74, 6) is 0. The predicted molar refractivity (Wildman–Crippen MR) is 87.9 cm³/mol. The second-order valence-electron chi connectivity index (χ2n) is 6.32. The molecular formula is C15H23NOSSi. The van der Waals surface area contributed by atoms with Crippen LogP contribution in [0.3, 0.4) is 0 Å². The Labute approximate surface area is 123 Å². The molecule has 2 nitrogen and oxygen atoms in total. The molecule has 0 N–H and O–H groups in total. The van der Waals surface area contributed by atoms with Gasteiger partial charge in [-0.1, -0.05) is 32.9 Å². The monoisotopic (exact) mass is 293 g/mol. The van der Waals surface area contributed by atoms with Gasteiger partial charge >= 0.3 is 0 Å². The first-order valence-electron chi connectivity index (χ1n) is 6.49. The highest BCUT2D eigenvalue weighted by Gasteiger charge is 2.37. The van der Waals surface area contributed by atoms with Crippen LogP contribution in [0.15, 0.2) is 23.2 Å². The van der Waals surface area contributed by atoms with Crippen molar-refractivity contribution in [3.05, 3.63) is 29.3 Å². The van der Waals surface area contributed by atoms with Crippen LogP contribution in [0.1, 0.15) is 31.9 Å². The third-order valence-electron chi connectivity index (χ3n) is 3.94. The fourth-order valence-corrected chi connectivity index (χ4v) is 2.53. The van der Waals surface area contributed by atoms with E-state index in [1.165, 1.54) is 5.56 Å². The summed E-state index contributed by atoms with van der Waals surface area (Å²) in [6, 6.07) is 6.01. The van der Waals surface area contributed by atoms with Crippen LogP contribution in [-0.2, 0) is 11.0 Å². The van der Waals surface area contributed by atoms with Crippen molar-refractivity contribution in [3.8, 4) is 0 Å². The number of aryl methyl sites for hydroxylation is 1. The zero-order chi connectivity index (χ0) is 14.7. The zero-order valence-electron chi connectivity index (χ0n) is 12.7. The molecule has 1 aromatic carbocycles. The molecule has 104 valence electrons. The fourth-order valence-electron chi connectivity index (χ4n) is 1.50. The maximum atomic E-state index is 6.26. The third-order valence-corrected chi connectivity index (χ3v) is 8.50. The topological polar surface area (TPSA) is 21.6 Å². The molecule has 0 spiro atoms. The standard InChI is InChI=1S/C15H23NOSSi/c1-12-8-7-9-14(16-11-18)13(12)10-17-19(5,6)15(2,3)4/h7-9H,10H2,1-6H3. The SMILES string of the molecule is Cc1cccc(N=C=S)c1CO[Si](C)(C)C(C)(C)C. The van der Waals surface area contributed by atoms with Gasteiger partial charge in [0.15, 0.2) is 8.32 Å². The minimum absolute atomic E-state index is 0.212. The van der Waals surface area contributed by atoms with Crippen molar-refractivity contribution in [3.63, 3.8) is 0 Å². The molecule has 0 radical (unpaired) electrons. The number of rotatable bonds is 4. The molecule has 0 aliphatic carbocycles. The van der Waals surface area contributed by atoms with Gasteiger partial charge in [0, 0.05) is 5.56 Å². The molecule has 0 unspecified atom stereocenters. The van der Waals surface area contributed by atoms with E-state index in [9.17, 15) is 0 Å². The van der Waals surface area contributed by atoms with Crippen LogP contribution >= 0.6 is 12.2 Å². The van der Waals surface area contributed by atoms with Crippen molar-refractivity contribution >= 4 is 31.4 Å². The second-order valence-corrected chi connectivity index (χ2v) is 11.3. The van der Waals surface area contributed by atoms with Gasteiger partial charge in [-0.25, -0.2) is 0 Å². The van der Waals surface area contributed by atoms with E-state index in [4.69, 9.17) is 16.6 Å². The lowest BCUT2D eigenvalue weighted by atomic mass is 10.1. The Morgan fingerprint density at radius 3 is 2.47 bits per heavy atom. The van der Waals surface area contributed by atoms with Crippen LogP contribution in [0.5, 0.6) is 0 Å². The summed E-state index contributed by atoms with van der Waals surface area (Å²) in [5, 5.41) is 2.65. The van der Waals surface area contributed by atoms with Gasteiger partial charge in [0.25, 0.3) is 0 Å². The maximum Gasteiger partial charge on any atom is 0.192 e. The highest BCUT2D eigenvalue weighted by atomic mass is 32.1. The number of hydrogen-bond acceptors (Lipinski definition) is 3. The fraction of sp³-hybridized carbons (Fsp3) is 0.533. The summed E-state index contributed by atoms with van der Waals surface area (Å²) in [4.78, 5) is 4.13. The second kappa shape index (κ2) is 6.10. The van der Waals surface area contributed by atoms with E-state index in [0.29, 0.717) is 6.61 Å². The van der Waals surface area contributed by atoms with Crippen LogP contribution in [0, 0.1) is 6.92 Å². The molecule has 0 atom stereocenters. The largest absolute Gasteiger partial charge is 0.412 e. The molecule has 0 saturated heterocycles. The number of thiocarbonyl (C=S) groups is 1. The highest BCUT2D eigenvalue weighted by Crippen LogP contribution is 2.37. The zero-order valence-corrected chi connectivity index (χ0v) is 14.5. The number of isothiocyanates is 1. The summed E-state index contributed by atoms with van der Waals surface area (Å²) < 4.78 is 6.26. The highest BCUT2D eigenvalue weighted by molar-refractivity contribution is 7.78. The van der Waals surface area contributed by atoms with Gasteiger partial charge in [0.05, 0.1) is 17.5 Å². The van der Waals surface area contributed by atoms with Gasteiger partial charge in [-0.05, 0) is 48.9 Å². The van der Waals surface area contributed by atoms with Gasteiger partial charge in [0.1, 0.15) is 0 Å². The molecule has 19 heavy (non-hydrogen) atoms. The third kappa shape index (κ3) is 4.08. The van der Waals surface area contributed by atoms with E-state index in [1.807, 2.05) is 12.1 Å². The first-order valence-corrected chi connectivity index (χ1v) is 9.81. The average molecular weight is 294 g/mol. The van der Waals surface area contributed by atoms with Crippen LogP contribution < -0.4 is 0 Å². The van der Waals surface area contributed by atoms with Gasteiger partial charge in [0.2, 0.25) is 0 Å². The van der Waals surface area contributed by atoms with Crippen LogP contribution in [-0.4, -0.2) is 13.5 Å². The molecule has 0 aromatic heterocycles. The number of hydrogen-bond donors (Lipinski definition) is 0. The summed E-state index contributed by atoms with van der Waals surface area (Å²) in [5.41, 5.74) is 3.17. The summed E-state index contributed by atoms with van der Waals surface area (Å²) in [7, 11) is -1.74. The van der Waals surface area contributed by atoms with Crippen LogP contribution in [0.4, 0.5) is 5.69 Å². The Bertz CT molecular complexity index is 499. The van der Waals surface area contributed by atoms with Gasteiger partial charge < -0.3 is 4.43 Å². The Morgan fingerprint density at radius 2 is 1.95 bits per heavy atom. The quantitative estimate of drug-likeness (QED) is 0.429. The van der Waals surface area contributed by atoms with Crippen LogP contribution in [0.25, 0.3) is 0 Å². The lowest BCUT2D eigenvalue weighted by molar-refractivity contribution is 0.276. The average Bonchev–Trinajstić information content (AvgIpc) is 2.27. The predicted octanol–water partition coefficient (Wildman–Crippen LogP) is 5.25. The Hall–Kier alpha value is -0.803. The normalized spacial score (nSPS) is 12.1. The minimum atomic E-state index is -1.74. The lowest BCUT2D eigenvalue weighted by Crippen LogP contribution is -2.40.